The number of para-hydroxylation sites is 1. The van der Waals surface area contributed by atoms with Crippen molar-refractivity contribution in [2.75, 3.05) is 4.90 Å². The Bertz CT molecular complexity index is 1820. The van der Waals surface area contributed by atoms with Crippen molar-refractivity contribution in [3.8, 4) is 11.1 Å². The molecule has 0 bridgehead atoms. The Balaban J connectivity index is 1.42. The molecular formula is C33H22N2O. The van der Waals surface area contributed by atoms with Gasteiger partial charge in [0.2, 0.25) is 5.71 Å². The molecule has 0 N–H and O–H groups in total. The molecular weight excluding hydrogens is 440 g/mol. The summed E-state index contributed by atoms with van der Waals surface area (Å²) in [4.78, 5) is 6.73. The minimum absolute atomic E-state index is 0.668. The lowest BCUT2D eigenvalue weighted by Crippen LogP contribution is -2.09. The smallest absolute Gasteiger partial charge is 0.227 e. The normalized spacial score (nSPS) is 11.3. The number of furan rings is 1. The fraction of sp³-hybridized carbons (Fsp3) is 0. The first-order valence-electron chi connectivity index (χ1n) is 12.1. The van der Waals surface area contributed by atoms with Crippen LogP contribution in [-0.2, 0) is 0 Å². The van der Waals surface area contributed by atoms with E-state index in [9.17, 15) is 0 Å². The van der Waals surface area contributed by atoms with Crippen LogP contribution in [0.5, 0.6) is 0 Å². The zero-order valence-electron chi connectivity index (χ0n) is 19.5. The fourth-order valence-electron chi connectivity index (χ4n) is 5.01. The van der Waals surface area contributed by atoms with Gasteiger partial charge in [-0.1, -0.05) is 72.8 Å². The van der Waals surface area contributed by atoms with E-state index in [1.54, 1.807) is 6.20 Å². The van der Waals surface area contributed by atoms with Crippen molar-refractivity contribution in [1.82, 2.24) is 4.98 Å². The van der Waals surface area contributed by atoms with Crippen molar-refractivity contribution in [2.24, 2.45) is 0 Å². The van der Waals surface area contributed by atoms with Gasteiger partial charge in [-0.25, -0.2) is 4.98 Å². The summed E-state index contributed by atoms with van der Waals surface area (Å²) in [5, 5.41) is 4.46. The number of rotatable bonds is 4. The van der Waals surface area contributed by atoms with Crippen LogP contribution >= 0.6 is 0 Å². The van der Waals surface area contributed by atoms with Crippen molar-refractivity contribution in [3.63, 3.8) is 0 Å². The number of fused-ring (bicyclic) bond motifs is 5. The van der Waals surface area contributed by atoms with E-state index in [2.05, 4.69) is 119 Å². The maximum Gasteiger partial charge on any atom is 0.227 e. The summed E-state index contributed by atoms with van der Waals surface area (Å²) in [7, 11) is 0. The second-order valence-electron chi connectivity index (χ2n) is 8.89. The van der Waals surface area contributed by atoms with E-state index < -0.39 is 0 Å². The molecule has 0 unspecified atom stereocenters. The van der Waals surface area contributed by atoms with Gasteiger partial charge in [-0.15, -0.1) is 0 Å². The van der Waals surface area contributed by atoms with Crippen molar-refractivity contribution < 1.29 is 4.42 Å². The average molecular weight is 463 g/mol. The van der Waals surface area contributed by atoms with Gasteiger partial charge in [0, 0.05) is 34.0 Å². The van der Waals surface area contributed by atoms with Crippen LogP contribution in [0.25, 0.3) is 44.0 Å². The summed E-state index contributed by atoms with van der Waals surface area (Å²) < 4.78 is 6.06. The molecule has 0 amide bonds. The third kappa shape index (κ3) is 3.41. The highest BCUT2D eigenvalue weighted by molar-refractivity contribution is 6.18. The molecule has 2 heterocycles. The van der Waals surface area contributed by atoms with E-state index in [0.29, 0.717) is 5.71 Å². The molecule has 3 heteroatoms. The minimum Gasteiger partial charge on any atom is -0.438 e. The van der Waals surface area contributed by atoms with Crippen LogP contribution in [0.3, 0.4) is 0 Å². The lowest BCUT2D eigenvalue weighted by Gasteiger charge is -2.26. The molecule has 0 aliphatic rings. The molecule has 0 fully saturated rings. The molecule has 5 aromatic carbocycles. The Kier molecular flexibility index (Phi) is 4.78. The SMILES string of the molecule is c1ccc(-c2ccc(N(c3ccccc3)c3ccc4ccc5oc6ncccc6c5c4c3)cc2)cc1. The quantitative estimate of drug-likeness (QED) is 0.261. The highest BCUT2D eigenvalue weighted by atomic mass is 16.3. The van der Waals surface area contributed by atoms with Gasteiger partial charge in [0.05, 0.1) is 0 Å². The molecule has 0 saturated carbocycles. The summed E-state index contributed by atoms with van der Waals surface area (Å²) in [5.41, 5.74) is 7.23. The number of nitrogens with zero attached hydrogens (tertiary/aromatic N) is 2. The van der Waals surface area contributed by atoms with Gasteiger partial charge in [0.25, 0.3) is 0 Å². The highest BCUT2D eigenvalue weighted by Gasteiger charge is 2.16. The number of aromatic nitrogens is 1. The fourth-order valence-corrected chi connectivity index (χ4v) is 5.01. The lowest BCUT2D eigenvalue weighted by molar-refractivity contribution is 0.654. The Morgan fingerprint density at radius 3 is 2.00 bits per heavy atom. The Hall–Kier alpha value is -4.89. The summed E-state index contributed by atoms with van der Waals surface area (Å²) in [6.07, 6.45) is 1.77. The first kappa shape index (κ1) is 20.5. The van der Waals surface area contributed by atoms with Gasteiger partial charge in [0.1, 0.15) is 5.58 Å². The maximum absolute atomic E-state index is 6.06. The Morgan fingerprint density at radius 2 is 1.19 bits per heavy atom. The number of hydrogen-bond donors (Lipinski definition) is 0. The third-order valence-corrected chi connectivity index (χ3v) is 6.72. The van der Waals surface area contributed by atoms with Crippen LogP contribution in [0.2, 0.25) is 0 Å². The van der Waals surface area contributed by atoms with E-state index >= 15 is 0 Å². The molecule has 0 radical (unpaired) electrons. The number of benzene rings is 5. The Labute approximate surface area is 208 Å². The second kappa shape index (κ2) is 8.40. The molecule has 0 spiro atoms. The lowest BCUT2D eigenvalue weighted by atomic mass is 10.0. The molecule has 3 nitrogen and oxygen atoms in total. The third-order valence-electron chi connectivity index (χ3n) is 6.72. The van der Waals surface area contributed by atoms with Crippen LogP contribution in [0.4, 0.5) is 17.1 Å². The van der Waals surface area contributed by atoms with Crippen LogP contribution in [0, 0.1) is 0 Å². The van der Waals surface area contributed by atoms with Crippen molar-refractivity contribution >= 4 is 49.9 Å². The monoisotopic (exact) mass is 462 g/mol. The molecule has 36 heavy (non-hydrogen) atoms. The largest absolute Gasteiger partial charge is 0.438 e. The van der Waals surface area contributed by atoms with Gasteiger partial charge < -0.3 is 9.32 Å². The van der Waals surface area contributed by atoms with Gasteiger partial charge in [-0.05, 0) is 76.5 Å². The zero-order valence-corrected chi connectivity index (χ0v) is 19.5. The molecule has 7 aromatic rings. The highest BCUT2D eigenvalue weighted by Crippen LogP contribution is 2.40. The molecule has 0 aliphatic carbocycles. The van der Waals surface area contributed by atoms with Crippen LogP contribution < -0.4 is 4.90 Å². The zero-order chi connectivity index (χ0) is 23.9. The number of anilines is 3. The summed E-state index contributed by atoms with van der Waals surface area (Å²) in [6, 6.07) is 44.6. The van der Waals surface area contributed by atoms with E-state index in [4.69, 9.17) is 4.42 Å². The summed E-state index contributed by atoms with van der Waals surface area (Å²) in [5.74, 6) is 0. The molecule has 170 valence electrons. The van der Waals surface area contributed by atoms with Gasteiger partial charge in [-0.2, -0.15) is 0 Å². The van der Waals surface area contributed by atoms with Gasteiger partial charge in [-0.3, -0.25) is 0 Å². The van der Waals surface area contributed by atoms with Crippen molar-refractivity contribution in [3.05, 3.63) is 134 Å². The number of pyridine rings is 1. The molecule has 7 rings (SSSR count). The van der Waals surface area contributed by atoms with Crippen LogP contribution in [0.1, 0.15) is 0 Å². The van der Waals surface area contributed by atoms with E-state index in [1.165, 1.54) is 16.5 Å². The summed E-state index contributed by atoms with van der Waals surface area (Å²) in [6.45, 7) is 0. The topological polar surface area (TPSA) is 29.3 Å². The Morgan fingerprint density at radius 1 is 0.528 bits per heavy atom. The minimum atomic E-state index is 0.668. The summed E-state index contributed by atoms with van der Waals surface area (Å²) >= 11 is 0. The molecule has 0 aliphatic heterocycles. The molecule has 0 atom stereocenters. The molecule has 2 aromatic heterocycles. The molecule has 0 saturated heterocycles. The van der Waals surface area contributed by atoms with Crippen LogP contribution in [0.15, 0.2) is 138 Å². The van der Waals surface area contributed by atoms with E-state index in [1.807, 2.05) is 18.2 Å². The van der Waals surface area contributed by atoms with E-state index in [0.717, 1.165) is 38.8 Å². The van der Waals surface area contributed by atoms with E-state index in [-0.39, 0.29) is 0 Å². The van der Waals surface area contributed by atoms with Crippen LogP contribution in [-0.4, -0.2) is 4.98 Å². The van der Waals surface area contributed by atoms with Crippen molar-refractivity contribution in [1.29, 1.82) is 0 Å². The van der Waals surface area contributed by atoms with Crippen molar-refractivity contribution in [2.45, 2.75) is 0 Å². The number of hydrogen-bond acceptors (Lipinski definition) is 3. The van der Waals surface area contributed by atoms with Gasteiger partial charge >= 0.3 is 0 Å². The van der Waals surface area contributed by atoms with Gasteiger partial charge in [0.15, 0.2) is 0 Å². The average Bonchev–Trinajstić information content (AvgIpc) is 3.34. The predicted octanol–water partition coefficient (Wildman–Crippen LogP) is 9.27. The first-order chi connectivity index (χ1) is 17.8. The standard InChI is InChI=1S/C33H22N2O/c1-3-8-23(9-4-1)24-13-17-27(18-14-24)35(26-10-5-2-6-11-26)28-19-15-25-16-20-31-32(30(25)22-28)29-12-7-21-34-33(29)36-31/h1-22H. The predicted molar refractivity (Wildman–Crippen MR) is 149 cm³/mol. The first-order valence-corrected chi connectivity index (χ1v) is 12.1. The maximum atomic E-state index is 6.06. The second-order valence-corrected chi connectivity index (χ2v) is 8.89.